The van der Waals surface area contributed by atoms with Gasteiger partial charge in [-0.2, -0.15) is 0 Å². The van der Waals surface area contributed by atoms with Crippen molar-refractivity contribution in [3.63, 3.8) is 0 Å². The zero-order valence-corrected chi connectivity index (χ0v) is 24.0. The van der Waals surface area contributed by atoms with Crippen LogP contribution in [-0.2, 0) is 24.6 Å². The van der Waals surface area contributed by atoms with Gasteiger partial charge in [0.1, 0.15) is 17.2 Å². The van der Waals surface area contributed by atoms with Gasteiger partial charge in [-0.3, -0.25) is 4.99 Å². The van der Waals surface area contributed by atoms with Crippen LogP contribution in [0.2, 0.25) is 18.1 Å². The number of hydrogen-bond donors (Lipinski definition) is 0. The number of ether oxygens (including phenoxy) is 3. The summed E-state index contributed by atoms with van der Waals surface area (Å²) in [6.07, 6.45) is 1.82. The molecule has 0 amide bonds. The van der Waals surface area contributed by atoms with Gasteiger partial charge in [0.25, 0.3) is 0 Å². The highest BCUT2D eigenvalue weighted by molar-refractivity contribution is 6.74. The van der Waals surface area contributed by atoms with E-state index in [0.29, 0.717) is 19.8 Å². The molecule has 0 N–H and O–H groups in total. The van der Waals surface area contributed by atoms with Crippen molar-refractivity contribution < 1.29 is 18.6 Å². The normalized spacial score (nSPS) is 15.5. The van der Waals surface area contributed by atoms with Gasteiger partial charge in [-0.1, -0.05) is 20.8 Å². The van der Waals surface area contributed by atoms with Crippen molar-refractivity contribution in [1.82, 2.24) is 4.57 Å². The summed E-state index contributed by atoms with van der Waals surface area (Å²) in [4.78, 5) is 5.04. The highest BCUT2D eigenvalue weighted by atomic mass is 28.4. The van der Waals surface area contributed by atoms with Crippen molar-refractivity contribution in [2.45, 2.75) is 64.9 Å². The molecule has 6 nitrogen and oxygen atoms in total. The highest BCUT2D eigenvalue weighted by Crippen LogP contribution is 2.38. The van der Waals surface area contributed by atoms with E-state index in [9.17, 15) is 0 Å². The Labute approximate surface area is 216 Å². The topological polar surface area (TPSA) is 54.2 Å². The lowest BCUT2D eigenvalue weighted by Gasteiger charge is -2.36. The van der Waals surface area contributed by atoms with Gasteiger partial charge in [0.05, 0.1) is 39.5 Å². The third kappa shape index (κ3) is 5.32. The maximum absolute atomic E-state index is 6.53. The van der Waals surface area contributed by atoms with Gasteiger partial charge in [-0.25, -0.2) is 0 Å². The fraction of sp³-hybridized carbons (Fsp3) is 0.483. The van der Waals surface area contributed by atoms with E-state index in [2.05, 4.69) is 63.7 Å². The van der Waals surface area contributed by atoms with Gasteiger partial charge in [0.15, 0.2) is 8.32 Å². The maximum atomic E-state index is 6.53. The van der Waals surface area contributed by atoms with Crippen LogP contribution in [0.1, 0.15) is 50.4 Å². The first kappa shape index (κ1) is 26.3. The van der Waals surface area contributed by atoms with Crippen molar-refractivity contribution in [1.29, 1.82) is 0 Å². The number of aromatic nitrogens is 1. The fourth-order valence-electron chi connectivity index (χ4n) is 4.26. The van der Waals surface area contributed by atoms with Gasteiger partial charge in [-0.05, 0) is 55.2 Å². The molecule has 0 radical (unpaired) electrons. The van der Waals surface area contributed by atoms with Crippen LogP contribution in [0, 0.1) is 0 Å². The molecule has 0 fully saturated rings. The number of hydrogen-bond acceptors (Lipinski definition) is 5. The van der Waals surface area contributed by atoms with Gasteiger partial charge < -0.3 is 23.2 Å². The molecule has 0 bridgehead atoms. The van der Waals surface area contributed by atoms with Crippen LogP contribution in [-0.4, -0.2) is 39.4 Å². The van der Waals surface area contributed by atoms with Crippen molar-refractivity contribution in [2.24, 2.45) is 12.0 Å². The Morgan fingerprint density at radius 1 is 1.06 bits per heavy atom. The Morgan fingerprint density at radius 3 is 2.53 bits per heavy atom. The fourth-order valence-corrected chi connectivity index (χ4v) is 5.20. The summed E-state index contributed by atoms with van der Waals surface area (Å²) in [5.74, 6) is 2.46. The lowest BCUT2D eigenvalue weighted by atomic mass is 10.0. The highest BCUT2D eigenvalue weighted by Gasteiger charge is 2.37. The summed E-state index contributed by atoms with van der Waals surface area (Å²) in [7, 11) is 3.62. The molecular formula is C29H40N2O4Si. The van der Waals surface area contributed by atoms with Crippen LogP contribution in [0.5, 0.6) is 17.2 Å². The second kappa shape index (κ2) is 10.3. The first-order valence-electron chi connectivity index (χ1n) is 12.7. The van der Waals surface area contributed by atoms with Crippen LogP contribution in [0.4, 0.5) is 0 Å². The minimum absolute atomic E-state index is 0.181. The van der Waals surface area contributed by atoms with Gasteiger partial charge in [0, 0.05) is 47.1 Å². The molecule has 2 heterocycles. The molecule has 194 valence electrons. The van der Waals surface area contributed by atoms with Gasteiger partial charge in [-0.15, -0.1) is 0 Å². The van der Waals surface area contributed by atoms with Crippen LogP contribution >= 0.6 is 0 Å². The number of methoxy groups -OCH3 is 2. The zero-order valence-electron chi connectivity index (χ0n) is 23.0. The number of fused-ring (bicyclic) bond motifs is 2. The quantitative estimate of drug-likeness (QED) is 0.327. The molecule has 4 rings (SSSR count). The monoisotopic (exact) mass is 508 g/mol. The average Bonchev–Trinajstić information content (AvgIpc) is 3.01. The molecule has 0 saturated heterocycles. The van der Waals surface area contributed by atoms with E-state index in [4.69, 9.17) is 23.6 Å². The zero-order chi connectivity index (χ0) is 26.1. The second-order valence-electron chi connectivity index (χ2n) is 11.0. The Morgan fingerprint density at radius 2 is 1.83 bits per heavy atom. The predicted octanol–water partition coefficient (Wildman–Crippen LogP) is 6.88. The third-order valence-electron chi connectivity index (χ3n) is 7.69. The van der Waals surface area contributed by atoms with E-state index >= 15 is 0 Å². The Balaban J connectivity index is 1.65. The molecule has 0 unspecified atom stereocenters. The smallest absolute Gasteiger partial charge is 0.192 e. The molecule has 0 saturated carbocycles. The standard InChI is InChI=1S/C29H40N2O4Si/c1-29(2,3)36(7,8)35-19-22-14-21-15-24-25(10-9-13-34-28(24)17-26(21)31(22)4)30-18-20-11-12-23(32-5)16-27(20)33-6/h11-12,14-17H,9-10,13,18-19H2,1-8H3. The molecule has 7 heteroatoms. The van der Waals surface area contributed by atoms with Crippen LogP contribution in [0.3, 0.4) is 0 Å². The summed E-state index contributed by atoms with van der Waals surface area (Å²) in [6.45, 7) is 13.3. The lowest BCUT2D eigenvalue weighted by molar-refractivity contribution is 0.269. The summed E-state index contributed by atoms with van der Waals surface area (Å²) in [6, 6.07) is 12.5. The minimum Gasteiger partial charge on any atom is -0.497 e. The van der Waals surface area contributed by atoms with Gasteiger partial charge >= 0.3 is 0 Å². The SMILES string of the molecule is COc1ccc(CN=C2CCCOc3cc4c(cc32)cc(CO[Si](C)(C)C(C)(C)C)n4C)c(OC)c1. The number of nitrogens with zero attached hydrogens (tertiary/aromatic N) is 2. The third-order valence-corrected chi connectivity index (χ3v) is 12.2. The minimum atomic E-state index is -1.84. The van der Waals surface area contributed by atoms with E-state index in [1.54, 1.807) is 14.2 Å². The molecule has 0 spiro atoms. The number of aryl methyl sites for hydroxylation is 1. The molecule has 0 atom stereocenters. The van der Waals surface area contributed by atoms with Crippen molar-refractivity contribution in [3.8, 4) is 17.2 Å². The Hall–Kier alpha value is -2.77. The van der Waals surface area contributed by atoms with E-state index in [-0.39, 0.29) is 5.04 Å². The van der Waals surface area contributed by atoms with Crippen molar-refractivity contribution in [3.05, 3.63) is 53.2 Å². The number of rotatable bonds is 7. The van der Waals surface area contributed by atoms with Crippen LogP contribution in [0.25, 0.3) is 10.9 Å². The molecule has 3 aromatic rings. The summed E-state index contributed by atoms with van der Waals surface area (Å²) in [5.41, 5.74) is 5.51. The molecular weight excluding hydrogens is 468 g/mol. The van der Waals surface area contributed by atoms with Crippen LogP contribution in [0.15, 0.2) is 41.4 Å². The number of aliphatic imine (C=N–C) groups is 1. The summed E-state index contributed by atoms with van der Waals surface area (Å²) in [5, 5.41) is 1.37. The second-order valence-corrected chi connectivity index (χ2v) is 15.9. The maximum Gasteiger partial charge on any atom is 0.192 e. The first-order valence-corrected chi connectivity index (χ1v) is 15.6. The van der Waals surface area contributed by atoms with Crippen molar-refractivity contribution >= 4 is 24.9 Å². The largest absolute Gasteiger partial charge is 0.497 e. The Bertz CT molecular complexity index is 1270. The molecule has 1 aliphatic heterocycles. The predicted molar refractivity (Wildman–Crippen MR) is 149 cm³/mol. The molecule has 2 aromatic carbocycles. The van der Waals surface area contributed by atoms with E-state index in [0.717, 1.165) is 52.4 Å². The van der Waals surface area contributed by atoms with Crippen LogP contribution < -0.4 is 14.2 Å². The lowest BCUT2D eigenvalue weighted by Crippen LogP contribution is -2.40. The first-order chi connectivity index (χ1) is 17.0. The molecule has 1 aromatic heterocycles. The van der Waals surface area contributed by atoms with E-state index in [1.165, 1.54) is 11.1 Å². The summed E-state index contributed by atoms with van der Waals surface area (Å²) >= 11 is 0. The molecule has 1 aliphatic rings. The molecule has 36 heavy (non-hydrogen) atoms. The molecule has 0 aliphatic carbocycles. The van der Waals surface area contributed by atoms with E-state index in [1.807, 2.05) is 18.2 Å². The Kier molecular flexibility index (Phi) is 7.53. The number of benzene rings is 2. The van der Waals surface area contributed by atoms with Gasteiger partial charge in [0.2, 0.25) is 0 Å². The van der Waals surface area contributed by atoms with Crippen molar-refractivity contribution in [2.75, 3.05) is 20.8 Å². The summed E-state index contributed by atoms with van der Waals surface area (Å²) < 4.78 is 25.8. The van der Waals surface area contributed by atoms with E-state index < -0.39 is 8.32 Å². The average molecular weight is 509 g/mol.